The van der Waals surface area contributed by atoms with E-state index in [4.69, 9.17) is 0 Å². The first-order valence-electron chi connectivity index (χ1n) is 9.92. The van der Waals surface area contributed by atoms with Crippen LogP contribution in [0.25, 0.3) is 0 Å². The van der Waals surface area contributed by atoms with E-state index in [1.165, 1.54) is 11.8 Å². The average molecular weight is 444 g/mol. The monoisotopic (exact) mass is 443 g/mol. The summed E-state index contributed by atoms with van der Waals surface area (Å²) in [5.74, 6) is 0.502. The van der Waals surface area contributed by atoms with Crippen molar-refractivity contribution < 1.29 is 9.59 Å². The van der Waals surface area contributed by atoms with Gasteiger partial charge in [-0.05, 0) is 42.8 Å². The summed E-state index contributed by atoms with van der Waals surface area (Å²) >= 11 is 3.10. The molecule has 9 heteroatoms. The molecule has 4 rings (SSSR count). The Morgan fingerprint density at radius 3 is 2.60 bits per heavy atom. The van der Waals surface area contributed by atoms with Crippen molar-refractivity contribution in [3.63, 3.8) is 0 Å². The van der Waals surface area contributed by atoms with Gasteiger partial charge < -0.3 is 10.2 Å². The molecule has 30 heavy (non-hydrogen) atoms. The number of likely N-dealkylation sites (N-methyl/N-ethyl adjacent to an activating group) is 1. The number of anilines is 1. The first-order chi connectivity index (χ1) is 14.6. The van der Waals surface area contributed by atoms with Crippen molar-refractivity contribution in [1.29, 1.82) is 0 Å². The fourth-order valence-corrected chi connectivity index (χ4v) is 4.93. The van der Waals surface area contributed by atoms with Crippen molar-refractivity contribution in [1.82, 2.24) is 14.7 Å². The van der Waals surface area contributed by atoms with Crippen LogP contribution in [0.3, 0.4) is 0 Å². The van der Waals surface area contributed by atoms with Gasteiger partial charge in [0.25, 0.3) is 0 Å². The number of nitrogens with one attached hydrogen (secondary N) is 1. The summed E-state index contributed by atoms with van der Waals surface area (Å²) in [4.78, 5) is 36.5. The number of amides is 2. The lowest BCUT2D eigenvalue weighted by molar-refractivity contribution is -0.124. The number of thioether (sulfide) groups is 1. The molecule has 0 bridgehead atoms. The molecule has 0 atom stereocenters. The first-order valence-corrected chi connectivity index (χ1v) is 11.8. The predicted octanol–water partition coefficient (Wildman–Crippen LogP) is 2.70. The lowest BCUT2D eigenvalue weighted by Crippen LogP contribution is -2.47. The summed E-state index contributed by atoms with van der Waals surface area (Å²) < 4.78 is 0. The zero-order chi connectivity index (χ0) is 20.9. The Bertz CT molecular complexity index is 906. The molecule has 2 aliphatic rings. The number of thiophene rings is 1. The summed E-state index contributed by atoms with van der Waals surface area (Å²) in [6.45, 7) is 4.78. The van der Waals surface area contributed by atoms with Gasteiger partial charge in [-0.15, -0.1) is 11.3 Å². The Kier molecular flexibility index (Phi) is 6.83. The van der Waals surface area contributed by atoms with E-state index in [-0.39, 0.29) is 11.8 Å². The third-order valence-corrected chi connectivity index (χ3v) is 6.91. The predicted molar refractivity (Wildman–Crippen MR) is 123 cm³/mol. The van der Waals surface area contributed by atoms with Crippen LogP contribution >= 0.6 is 23.1 Å². The molecular weight excluding hydrogens is 418 g/mol. The Morgan fingerprint density at radius 2 is 1.90 bits per heavy atom. The SMILES string of the molecule is CN1CCN(CC(=O)Nc2ccc(N=C3SCC(=O)N3Cc3cccs3)cc2)CC1. The van der Waals surface area contributed by atoms with E-state index in [1.807, 2.05) is 41.8 Å². The molecule has 2 aliphatic heterocycles. The number of carbonyl (C=O) groups excluding carboxylic acids is 2. The number of hydrogen-bond donors (Lipinski definition) is 1. The number of amidine groups is 1. The van der Waals surface area contributed by atoms with Crippen molar-refractivity contribution in [2.75, 3.05) is 50.8 Å². The van der Waals surface area contributed by atoms with Crippen LogP contribution in [-0.4, -0.2) is 77.2 Å². The minimum absolute atomic E-state index is 0.00214. The molecule has 0 unspecified atom stereocenters. The van der Waals surface area contributed by atoms with E-state index in [0.717, 1.165) is 47.6 Å². The number of aliphatic imine (C=N–C) groups is 1. The second kappa shape index (κ2) is 9.74. The van der Waals surface area contributed by atoms with E-state index in [0.29, 0.717) is 18.8 Å². The van der Waals surface area contributed by atoms with Crippen molar-refractivity contribution in [3.05, 3.63) is 46.7 Å². The highest BCUT2D eigenvalue weighted by molar-refractivity contribution is 8.15. The van der Waals surface area contributed by atoms with Gasteiger partial charge in [-0.25, -0.2) is 4.99 Å². The van der Waals surface area contributed by atoms with E-state index in [2.05, 4.69) is 27.2 Å². The molecule has 158 valence electrons. The highest BCUT2D eigenvalue weighted by atomic mass is 32.2. The van der Waals surface area contributed by atoms with Crippen LogP contribution in [0.4, 0.5) is 11.4 Å². The number of piperazine rings is 1. The number of rotatable bonds is 6. The third-order valence-electron chi connectivity index (χ3n) is 5.09. The fourth-order valence-electron chi connectivity index (χ4n) is 3.33. The molecular formula is C21H25N5O2S2. The standard InChI is InChI=1S/C21H25N5O2S2/c1-24-8-10-25(11-9-24)14-19(27)22-16-4-6-17(7-5-16)23-21-26(20(28)15-30-21)13-18-3-2-12-29-18/h2-7,12H,8-11,13-15H2,1H3,(H,22,27). The van der Waals surface area contributed by atoms with Gasteiger partial charge in [-0.3, -0.25) is 19.4 Å². The second-order valence-electron chi connectivity index (χ2n) is 7.42. The van der Waals surface area contributed by atoms with Gasteiger partial charge in [-0.1, -0.05) is 17.8 Å². The van der Waals surface area contributed by atoms with Crippen LogP contribution < -0.4 is 5.32 Å². The van der Waals surface area contributed by atoms with Crippen molar-refractivity contribution in [2.24, 2.45) is 4.99 Å². The topological polar surface area (TPSA) is 68.2 Å². The van der Waals surface area contributed by atoms with Crippen LogP contribution in [0.2, 0.25) is 0 Å². The van der Waals surface area contributed by atoms with E-state index < -0.39 is 0 Å². The van der Waals surface area contributed by atoms with Crippen molar-refractivity contribution >= 4 is 51.5 Å². The Hall–Kier alpha value is -2.20. The largest absolute Gasteiger partial charge is 0.325 e. The molecule has 0 radical (unpaired) electrons. The Balaban J connectivity index is 1.34. The Morgan fingerprint density at radius 1 is 1.13 bits per heavy atom. The molecule has 2 amide bonds. The van der Waals surface area contributed by atoms with Crippen LogP contribution in [0, 0.1) is 0 Å². The van der Waals surface area contributed by atoms with E-state index in [1.54, 1.807) is 16.2 Å². The third kappa shape index (κ3) is 5.48. The highest BCUT2D eigenvalue weighted by Gasteiger charge is 2.28. The maximum absolute atomic E-state index is 12.3. The van der Waals surface area contributed by atoms with Crippen LogP contribution in [-0.2, 0) is 16.1 Å². The number of benzene rings is 1. The summed E-state index contributed by atoms with van der Waals surface area (Å²) in [5, 5.41) is 5.69. The summed E-state index contributed by atoms with van der Waals surface area (Å²) in [7, 11) is 2.10. The van der Waals surface area contributed by atoms with Crippen LogP contribution in [0.15, 0.2) is 46.8 Å². The molecule has 2 fully saturated rings. The maximum atomic E-state index is 12.3. The summed E-state index contributed by atoms with van der Waals surface area (Å²) in [5.41, 5.74) is 1.52. The molecule has 2 aromatic rings. The number of nitrogens with zero attached hydrogens (tertiary/aromatic N) is 4. The normalized spacial score (nSPS) is 19.6. The fraction of sp³-hybridized carbons (Fsp3) is 0.381. The van der Waals surface area contributed by atoms with Gasteiger partial charge in [0.05, 0.1) is 24.5 Å². The maximum Gasteiger partial charge on any atom is 0.239 e. The summed E-state index contributed by atoms with van der Waals surface area (Å²) in [6, 6.07) is 11.5. The minimum atomic E-state index is -0.00214. The first kappa shape index (κ1) is 21.0. The molecule has 0 spiro atoms. The van der Waals surface area contributed by atoms with Crippen LogP contribution in [0.1, 0.15) is 4.88 Å². The van der Waals surface area contributed by atoms with Crippen LogP contribution in [0.5, 0.6) is 0 Å². The quantitative estimate of drug-likeness (QED) is 0.744. The van der Waals surface area contributed by atoms with Gasteiger partial charge >= 0.3 is 0 Å². The van der Waals surface area contributed by atoms with Gasteiger partial charge in [-0.2, -0.15) is 0 Å². The zero-order valence-electron chi connectivity index (χ0n) is 16.9. The van der Waals surface area contributed by atoms with Gasteiger partial charge in [0, 0.05) is 36.7 Å². The number of hydrogen-bond acceptors (Lipinski definition) is 7. The lowest BCUT2D eigenvalue weighted by atomic mass is 10.2. The minimum Gasteiger partial charge on any atom is -0.325 e. The molecule has 3 heterocycles. The molecule has 1 aromatic carbocycles. The molecule has 0 aliphatic carbocycles. The average Bonchev–Trinajstić information content (AvgIpc) is 3.37. The van der Waals surface area contributed by atoms with E-state index in [9.17, 15) is 9.59 Å². The lowest BCUT2D eigenvalue weighted by Gasteiger charge is -2.31. The molecule has 0 saturated carbocycles. The number of carbonyl (C=O) groups is 2. The summed E-state index contributed by atoms with van der Waals surface area (Å²) in [6.07, 6.45) is 0. The second-order valence-corrected chi connectivity index (χ2v) is 9.39. The van der Waals surface area contributed by atoms with Gasteiger partial charge in [0.1, 0.15) is 0 Å². The molecule has 1 N–H and O–H groups in total. The van der Waals surface area contributed by atoms with Crippen molar-refractivity contribution in [3.8, 4) is 0 Å². The smallest absolute Gasteiger partial charge is 0.239 e. The highest BCUT2D eigenvalue weighted by Crippen LogP contribution is 2.27. The van der Waals surface area contributed by atoms with E-state index >= 15 is 0 Å². The molecule has 7 nitrogen and oxygen atoms in total. The molecule has 2 saturated heterocycles. The molecule has 1 aromatic heterocycles. The van der Waals surface area contributed by atoms with Crippen molar-refractivity contribution in [2.45, 2.75) is 6.54 Å². The van der Waals surface area contributed by atoms with Gasteiger partial charge in [0.15, 0.2) is 5.17 Å². The van der Waals surface area contributed by atoms with Gasteiger partial charge in [0.2, 0.25) is 11.8 Å². The zero-order valence-corrected chi connectivity index (χ0v) is 18.5. The Labute approximate surface area is 184 Å².